The van der Waals surface area contributed by atoms with Crippen LogP contribution in [-0.2, 0) is 4.79 Å². The van der Waals surface area contributed by atoms with Crippen LogP contribution < -0.4 is 5.32 Å². The first-order valence-corrected chi connectivity index (χ1v) is 9.24. The summed E-state index contributed by atoms with van der Waals surface area (Å²) in [7, 11) is 0. The van der Waals surface area contributed by atoms with Crippen LogP contribution in [0.15, 0.2) is 53.3 Å². The first kappa shape index (κ1) is 18.0. The maximum Gasteiger partial charge on any atom is 0.270 e. The fourth-order valence-electron chi connectivity index (χ4n) is 2.01. The number of aromatic nitrogens is 3. The molecule has 8 nitrogen and oxygen atoms in total. The highest BCUT2D eigenvalue weighted by atomic mass is 32.2. The average Bonchev–Trinajstić information content (AvgIpc) is 3.11. The Bertz CT molecular complexity index is 932. The number of hydrogen-bond acceptors (Lipinski definition) is 8. The van der Waals surface area contributed by atoms with Gasteiger partial charge in [0, 0.05) is 35.5 Å². The summed E-state index contributed by atoms with van der Waals surface area (Å²) in [5.74, 6) is -0.220. The molecule has 2 aromatic heterocycles. The number of nitrogens with one attached hydrogen (secondary N) is 1. The summed E-state index contributed by atoms with van der Waals surface area (Å²) in [6.45, 7) is 1.76. The molecule has 1 N–H and O–H groups in total. The van der Waals surface area contributed by atoms with Crippen LogP contribution in [0.5, 0.6) is 0 Å². The Hall–Kier alpha value is -2.85. The zero-order valence-electron chi connectivity index (χ0n) is 13.5. The van der Waals surface area contributed by atoms with Crippen LogP contribution in [0, 0.1) is 10.1 Å². The molecule has 0 bridgehead atoms. The van der Waals surface area contributed by atoms with Gasteiger partial charge in [-0.3, -0.25) is 14.9 Å². The Labute approximate surface area is 156 Å². The maximum absolute atomic E-state index is 12.3. The zero-order chi connectivity index (χ0) is 18.5. The summed E-state index contributed by atoms with van der Waals surface area (Å²) in [6.07, 6.45) is 3.23. The Balaban J connectivity index is 1.67. The predicted molar refractivity (Wildman–Crippen MR) is 100 cm³/mol. The number of carbonyl (C=O) groups excluding carboxylic acids is 1. The van der Waals surface area contributed by atoms with Crippen LogP contribution in [0.3, 0.4) is 0 Å². The lowest BCUT2D eigenvalue weighted by atomic mass is 10.1. The molecular weight excluding hydrogens is 374 g/mol. The van der Waals surface area contributed by atoms with Gasteiger partial charge in [-0.25, -0.2) is 15.0 Å². The lowest BCUT2D eigenvalue weighted by molar-refractivity contribution is -0.384. The highest BCUT2D eigenvalue weighted by Crippen LogP contribution is 2.28. The number of anilines is 1. The molecule has 26 heavy (non-hydrogen) atoms. The molecule has 132 valence electrons. The number of carbonyl (C=O) groups is 1. The molecule has 0 unspecified atom stereocenters. The highest BCUT2D eigenvalue weighted by molar-refractivity contribution is 8.00. The summed E-state index contributed by atoms with van der Waals surface area (Å²) in [4.78, 5) is 35.2. The lowest BCUT2D eigenvalue weighted by Gasteiger charge is -2.08. The molecule has 0 fully saturated rings. The van der Waals surface area contributed by atoms with Gasteiger partial charge in [-0.15, -0.1) is 11.3 Å². The number of thioether (sulfide) groups is 1. The predicted octanol–water partition coefficient (Wildman–Crippen LogP) is 3.63. The first-order valence-electron chi connectivity index (χ1n) is 7.48. The van der Waals surface area contributed by atoms with Crippen LogP contribution >= 0.6 is 23.1 Å². The standard InChI is InChI=1S/C16H13N5O3S2/c1-10(26-15-17-6-3-7-18-15)14(22)20-16-19-13(9-25-16)11-4-2-5-12(8-11)21(23)24/h2-10H,1H3,(H,19,20,22)/t10-/m0/s1. The van der Waals surface area contributed by atoms with Crippen molar-refractivity contribution in [2.75, 3.05) is 5.32 Å². The van der Waals surface area contributed by atoms with Crippen molar-refractivity contribution in [3.63, 3.8) is 0 Å². The van der Waals surface area contributed by atoms with Crippen molar-refractivity contribution < 1.29 is 9.72 Å². The molecule has 10 heteroatoms. The number of rotatable bonds is 6. The minimum Gasteiger partial charge on any atom is -0.301 e. The maximum atomic E-state index is 12.3. The van der Waals surface area contributed by atoms with Gasteiger partial charge in [0.25, 0.3) is 5.69 Å². The number of hydrogen-bond donors (Lipinski definition) is 1. The van der Waals surface area contributed by atoms with Crippen molar-refractivity contribution in [2.45, 2.75) is 17.3 Å². The van der Waals surface area contributed by atoms with E-state index in [0.29, 0.717) is 21.5 Å². The molecular formula is C16H13N5O3S2. The van der Waals surface area contributed by atoms with Gasteiger partial charge in [-0.1, -0.05) is 23.9 Å². The van der Waals surface area contributed by atoms with Gasteiger partial charge in [-0.05, 0) is 13.0 Å². The summed E-state index contributed by atoms with van der Waals surface area (Å²) >= 11 is 2.50. The summed E-state index contributed by atoms with van der Waals surface area (Å²) in [6, 6.07) is 7.91. The number of nitrogens with zero attached hydrogens (tertiary/aromatic N) is 4. The summed E-state index contributed by atoms with van der Waals surface area (Å²) in [5.41, 5.74) is 1.19. The van der Waals surface area contributed by atoms with Crippen LogP contribution in [0.4, 0.5) is 10.8 Å². The van der Waals surface area contributed by atoms with Gasteiger partial charge in [-0.2, -0.15) is 0 Å². The van der Waals surface area contributed by atoms with Crippen LogP contribution in [0.25, 0.3) is 11.3 Å². The number of thiazole rings is 1. The van der Waals surface area contributed by atoms with Gasteiger partial charge < -0.3 is 5.32 Å². The van der Waals surface area contributed by atoms with E-state index in [1.54, 1.807) is 42.9 Å². The van der Waals surface area contributed by atoms with Gasteiger partial charge in [0.15, 0.2) is 10.3 Å². The van der Waals surface area contributed by atoms with Crippen LogP contribution in [-0.4, -0.2) is 31.0 Å². The summed E-state index contributed by atoms with van der Waals surface area (Å²) in [5, 5.41) is 15.9. The number of nitro groups is 1. The monoisotopic (exact) mass is 387 g/mol. The second-order valence-electron chi connectivity index (χ2n) is 5.13. The molecule has 0 saturated carbocycles. The topological polar surface area (TPSA) is 111 Å². The first-order chi connectivity index (χ1) is 12.5. The third kappa shape index (κ3) is 4.41. The highest BCUT2D eigenvalue weighted by Gasteiger charge is 2.18. The third-order valence-electron chi connectivity index (χ3n) is 3.28. The van der Waals surface area contributed by atoms with Crippen molar-refractivity contribution in [3.05, 3.63) is 58.2 Å². The van der Waals surface area contributed by atoms with E-state index in [4.69, 9.17) is 0 Å². The molecule has 1 amide bonds. The molecule has 3 rings (SSSR count). The number of amides is 1. The van der Waals surface area contributed by atoms with E-state index < -0.39 is 10.2 Å². The SMILES string of the molecule is C[C@H](Sc1ncccn1)C(=O)Nc1nc(-c2cccc([N+](=O)[O-])c2)cs1. The average molecular weight is 387 g/mol. The quantitative estimate of drug-likeness (QED) is 0.297. The van der Waals surface area contributed by atoms with Gasteiger partial charge >= 0.3 is 0 Å². The molecule has 1 atom stereocenters. The minimum absolute atomic E-state index is 0.00558. The zero-order valence-corrected chi connectivity index (χ0v) is 15.2. The Kier molecular flexibility index (Phi) is 5.54. The minimum atomic E-state index is -0.455. The van der Waals surface area contributed by atoms with E-state index in [-0.39, 0.29) is 11.6 Å². The van der Waals surface area contributed by atoms with Crippen molar-refractivity contribution in [1.29, 1.82) is 0 Å². The number of non-ortho nitro benzene ring substituents is 1. The normalized spacial score (nSPS) is 11.7. The fraction of sp³-hybridized carbons (Fsp3) is 0.125. The molecule has 2 heterocycles. The second-order valence-corrected chi connectivity index (χ2v) is 7.29. The van der Waals surface area contributed by atoms with Gasteiger partial charge in [0.2, 0.25) is 5.91 Å². The largest absolute Gasteiger partial charge is 0.301 e. The molecule has 0 saturated heterocycles. The van der Waals surface area contributed by atoms with E-state index in [0.717, 1.165) is 0 Å². The van der Waals surface area contributed by atoms with E-state index >= 15 is 0 Å². The van der Waals surface area contributed by atoms with E-state index in [2.05, 4.69) is 20.3 Å². The van der Waals surface area contributed by atoms with E-state index in [9.17, 15) is 14.9 Å². The molecule has 1 aromatic carbocycles. The number of nitro benzene ring substituents is 1. The Morgan fingerprint density at radius 3 is 2.81 bits per heavy atom. The Morgan fingerprint density at radius 2 is 2.08 bits per heavy atom. The van der Waals surface area contributed by atoms with Crippen molar-refractivity contribution in [2.24, 2.45) is 0 Å². The van der Waals surface area contributed by atoms with Crippen molar-refractivity contribution in [1.82, 2.24) is 15.0 Å². The summed E-state index contributed by atoms with van der Waals surface area (Å²) < 4.78 is 0. The van der Waals surface area contributed by atoms with Gasteiger partial charge in [0.05, 0.1) is 15.9 Å². The molecule has 0 radical (unpaired) electrons. The van der Waals surface area contributed by atoms with Gasteiger partial charge in [0.1, 0.15) is 0 Å². The molecule has 0 aliphatic heterocycles. The molecule has 0 aliphatic carbocycles. The van der Waals surface area contributed by atoms with E-state index in [1.165, 1.54) is 35.2 Å². The van der Waals surface area contributed by atoms with Crippen LogP contribution in [0.1, 0.15) is 6.92 Å². The lowest BCUT2D eigenvalue weighted by Crippen LogP contribution is -2.22. The third-order valence-corrected chi connectivity index (χ3v) is 5.03. The van der Waals surface area contributed by atoms with E-state index in [1.807, 2.05) is 0 Å². The fourth-order valence-corrected chi connectivity index (χ4v) is 3.46. The number of benzene rings is 1. The Morgan fingerprint density at radius 1 is 1.31 bits per heavy atom. The van der Waals surface area contributed by atoms with Crippen molar-refractivity contribution in [3.8, 4) is 11.3 Å². The van der Waals surface area contributed by atoms with Crippen molar-refractivity contribution >= 4 is 39.8 Å². The molecule has 0 aliphatic rings. The molecule has 3 aromatic rings. The molecule has 0 spiro atoms. The second kappa shape index (κ2) is 8.02. The van der Waals surface area contributed by atoms with Crippen LogP contribution in [0.2, 0.25) is 0 Å². The smallest absolute Gasteiger partial charge is 0.270 e.